The van der Waals surface area contributed by atoms with Crippen molar-refractivity contribution in [3.63, 3.8) is 0 Å². The number of hydrogen-bond donors (Lipinski definition) is 0. The van der Waals surface area contributed by atoms with Crippen LogP contribution in [0.3, 0.4) is 0 Å². The Bertz CT molecular complexity index is 1080. The molecule has 1 fully saturated rings. The molecule has 0 aromatic heterocycles. The normalized spacial score (nSPS) is 23.3. The predicted molar refractivity (Wildman–Crippen MR) is 113 cm³/mol. The molecule has 0 N–H and O–H groups in total. The molecule has 1 saturated heterocycles. The Balaban J connectivity index is 1.73. The zero-order valence-corrected chi connectivity index (χ0v) is 18.2. The third kappa shape index (κ3) is 3.28. The maximum Gasteiger partial charge on any atom is 0.269 e. The first-order chi connectivity index (χ1) is 14.2. The summed E-state index contributed by atoms with van der Waals surface area (Å²) in [6, 6.07) is 11.1. The molecule has 2 atom stereocenters. The van der Waals surface area contributed by atoms with Crippen LogP contribution in [-0.2, 0) is 21.9 Å². The monoisotopic (exact) mass is 430 g/mol. The number of methoxy groups -OCH3 is 1. The van der Waals surface area contributed by atoms with Gasteiger partial charge in [-0.2, -0.15) is 4.31 Å². The van der Waals surface area contributed by atoms with E-state index in [1.54, 1.807) is 11.4 Å². The predicted octanol–water partition coefficient (Wildman–Crippen LogP) is 3.91. The Hall–Kier alpha value is -2.45. The second-order valence-corrected chi connectivity index (χ2v) is 10.5. The Kier molecular flexibility index (Phi) is 5.10. The van der Waals surface area contributed by atoms with Crippen molar-refractivity contribution in [3.05, 3.63) is 63.7 Å². The van der Waals surface area contributed by atoms with E-state index in [4.69, 9.17) is 4.74 Å². The lowest BCUT2D eigenvalue weighted by molar-refractivity contribution is -0.384. The molecule has 7 nitrogen and oxygen atoms in total. The average Bonchev–Trinajstić information content (AvgIpc) is 2.73. The van der Waals surface area contributed by atoms with Crippen LogP contribution in [0.4, 0.5) is 5.69 Å². The molecule has 2 aromatic carbocycles. The van der Waals surface area contributed by atoms with Crippen LogP contribution in [0.15, 0.2) is 47.4 Å². The smallest absolute Gasteiger partial charge is 0.269 e. The van der Waals surface area contributed by atoms with Crippen molar-refractivity contribution in [2.75, 3.05) is 13.7 Å². The SMILES string of the molecule is COc1ccc2c(c1)C(C)(C)[C@H]1CCCN(S(=O)(=O)c3ccc([N+](=O)[O-])cc3)[C@@H]1C2. The van der Waals surface area contributed by atoms with Crippen LogP contribution >= 0.6 is 0 Å². The molecule has 0 radical (unpaired) electrons. The highest BCUT2D eigenvalue weighted by atomic mass is 32.2. The quantitative estimate of drug-likeness (QED) is 0.542. The van der Waals surface area contributed by atoms with Crippen molar-refractivity contribution in [2.24, 2.45) is 5.92 Å². The van der Waals surface area contributed by atoms with Crippen LogP contribution in [0.25, 0.3) is 0 Å². The number of nitro benzene ring substituents is 1. The molecule has 1 heterocycles. The Morgan fingerprint density at radius 3 is 2.50 bits per heavy atom. The van der Waals surface area contributed by atoms with Crippen molar-refractivity contribution in [1.82, 2.24) is 4.31 Å². The van der Waals surface area contributed by atoms with Gasteiger partial charge in [0, 0.05) is 24.7 Å². The van der Waals surface area contributed by atoms with Gasteiger partial charge in [-0.1, -0.05) is 19.9 Å². The number of hydrogen-bond acceptors (Lipinski definition) is 5. The zero-order chi connectivity index (χ0) is 21.7. The number of nitro groups is 1. The maximum atomic E-state index is 13.5. The minimum Gasteiger partial charge on any atom is -0.497 e. The summed E-state index contributed by atoms with van der Waals surface area (Å²) < 4.78 is 34.0. The number of sulfonamides is 1. The number of non-ortho nitro benzene ring substituents is 1. The Labute approximate surface area is 176 Å². The second kappa shape index (κ2) is 7.35. The van der Waals surface area contributed by atoms with Crippen molar-refractivity contribution >= 4 is 15.7 Å². The highest BCUT2D eigenvalue weighted by Gasteiger charge is 2.49. The highest BCUT2D eigenvalue weighted by Crippen LogP contribution is 2.48. The van der Waals surface area contributed by atoms with E-state index in [9.17, 15) is 18.5 Å². The van der Waals surface area contributed by atoms with Gasteiger partial charge in [0.05, 0.1) is 16.9 Å². The first kappa shape index (κ1) is 20.8. The van der Waals surface area contributed by atoms with Crippen LogP contribution in [0.1, 0.15) is 37.8 Å². The number of nitrogens with zero attached hydrogens (tertiary/aromatic N) is 2. The van der Waals surface area contributed by atoms with Crippen LogP contribution in [0.5, 0.6) is 5.75 Å². The van der Waals surface area contributed by atoms with E-state index in [1.807, 2.05) is 12.1 Å². The van der Waals surface area contributed by atoms with Gasteiger partial charge in [-0.3, -0.25) is 10.1 Å². The van der Waals surface area contributed by atoms with Gasteiger partial charge >= 0.3 is 0 Å². The van der Waals surface area contributed by atoms with Gasteiger partial charge in [-0.15, -0.1) is 0 Å². The molecule has 2 aromatic rings. The molecule has 1 aliphatic heterocycles. The number of piperidine rings is 1. The summed E-state index contributed by atoms with van der Waals surface area (Å²) in [6.07, 6.45) is 2.40. The molecular formula is C22H26N2O5S. The van der Waals surface area contributed by atoms with E-state index in [0.29, 0.717) is 13.0 Å². The zero-order valence-electron chi connectivity index (χ0n) is 17.4. The number of ether oxygens (including phenoxy) is 1. The van der Waals surface area contributed by atoms with E-state index in [2.05, 4.69) is 19.9 Å². The third-order valence-corrected chi connectivity index (χ3v) is 8.69. The molecule has 0 bridgehead atoms. The molecule has 0 spiro atoms. The van der Waals surface area contributed by atoms with Crippen LogP contribution in [0.2, 0.25) is 0 Å². The minimum absolute atomic E-state index is 0.104. The number of fused-ring (bicyclic) bond motifs is 2. The summed E-state index contributed by atoms with van der Waals surface area (Å²) in [4.78, 5) is 10.5. The Morgan fingerprint density at radius 1 is 1.17 bits per heavy atom. The fourth-order valence-electron chi connectivity index (χ4n) is 5.17. The summed E-state index contributed by atoms with van der Waals surface area (Å²) in [6.45, 7) is 4.83. The van der Waals surface area contributed by atoms with Gasteiger partial charge in [-0.25, -0.2) is 8.42 Å². The first-order valence-electron chi connectivity index (χ1n) is 10.1. The molecule has 4 rings (SSSR count). The van der Waals surface area contributed by atoms with Crippen molar-refractivity contribution in [3.8, 4) is 5.75 Å². The fourth-order valence-corrected chi connectivity index (χ4v) is 6.87. The summed E-state index contributed by atoms with van der Waals surface area (Å²) in [5.41, 5.74) is 2.05. The lowest BCUT2D eigenvalue weighted by atomic mass is 9.61. The van der Waals surface area contributed by atoms with Gasteiger partial charge in [0.25, 0.3) is 5.69 Å². The van der Waals surface area contributed by atoms with E-state index in [1.165, 1.54) is 29.8 Å². The van der Waals surface area contributed by atoms with Gasteiger partial charge in [0.15, 0.2) is 0 Å². The van der Waals surface area contributed by atoms with Crippen LogP contribution in [-0.4, -0.2) is 37.3 Å². The molecule has 160 valence electrons. The maximum absolute atomic E-state index is 13.5. The molecule has 0 saturated carbocycles. The molecular weight excluding hydrogens is 404 g/mol. The first-order valence-corrected chi connectivity index (χ1v) is 11.5. The van der Waals surface area contributed by atoms with E-state index >= 15 is 0 Å². The minimum atomic E-state index is -3.75. The summed E-state index contributed by atoms with van der Waals surface area (Å²) in [5, 5.41) is 10.9. The number of benzene rings is 2. The average molecular weight is 431 g/mol. The lowest BCUT2D eigenvalue weighted by Crippen LogP contribution is -2.56. The summed E-state index contributed by atoms with van der Waals surface area (Å²) in [5.74, 6) is 0.991. The van der Waals surface area contributed by atoms with Crippen molar-refractivity contribution in [2.45, 2.75) is 49.5 Å². The lowest BCUT2D eigenvalue weighted by Gasteiger charge is -2.51. The Morgan fingerprint density at radius 2 is 1.87 bits per heavy atom. The van der Waals surface area contributed by atoms with Crippen LogP contribution < -0.4 is 4.74 Å². The van der Waals surface area contributed by atoms with Gasteiger partial charge in [0.1, 0.15) is 5.75 Å². The third-order valence-electron chi connectivity index (χ3n) is 6.75. The fraction of sp³-hybridized carbons (Fsp3) is 0.455. The van der Waals surface area contributed by atoms with E-state index in [-0.39, 0.29) is 28.0 Å². The van der Waals surface area contributed by atoms with Gasteiger partial charge < -0.3 is 4.74 Å². The van der Waals surface area contributed by atoms with Crippen molar-refractivity contribution in [1.29, 1.82) is 0 Å². The molecule has 0 amide bonds. The number of rotatable bonds is 4. The molecule has 30 heavy (non-hydrogen) atoms. The topological polar surface area (TPSA) is 89.8 Å². The molecule has 0 unspecified atom stereocenters. The van der Waals surface area contributed by atoms with Gasteiger partial charge in [0.2, 0.25) is 10.0 Å². The highest BCUT2D eigenvalue weighted by molar-refractivity contribution is 7.89. The van der Waals surface area contributed by atoms with Gasteiger partial charge in [-0.05, 0) is 66.0 Å². The van der Waals surface area contributed by atoms with Crippen molar-refractivity contribution < 1.29 is 18.1 Å². The molecule has 8 heteroatoms. The van der Waals surface area contributed by atoms with E-state index in [0.717, 1.165) is 24.2 Å². The summed E-state index contributed by atoms with van der Waals surface area (Å²) >= 11 is 0. The van der Waals surface area contributed by atoms with E-state index < -0.39 is 14.9 Å². The standard InChI is InChI=1S/C22H26N2O5S/c1-22(2)19-5-4-12-23(21(19)13-15-6-9-17(29-3)14-20(15)22)30(27,28)18-10-7-16(8-11-18)24(25)26/h6-11,14,19,21H,4-5,12-13H2,1-3H3/t19-,21+/m0/s1. The molecule has 1 aliphatic carbocycles. The second-order valence-electron chi connectivity index (χ2n) is 8.63. The largest absolute Gasteiger partial charge is 0.497 e. The molecule has 2 aliphatic rings. The summed E-state index contributed by atoms with van der Waals surface area (Å²) in [7, 11) is -2.10. The van der Waals surface area contributed by atoms with Crippen LogP contribution in [0, 0.1) is 16.0 Å².